The van der Waals surface area contributed by atoms with Gasteiger partial charge in [0.05, 0.1) is 13.2 Å². The molecule has 2 N–H and O–H groups in total. The summed E-state index contributed by atoms with van der Waals surface area (Å²) in [5.41, 5.74) is 2.75. The molecule has 0 aromatic heterocycles. The van der Waals surface area contributed by atoms with Crippen molar-refractivity contribution in [3.8, 4) is 16.9 Å². The number of phenols is 1. The van der Waals surface area contributed by atoms with Crippen molar-refractivity contribution in [3.05, 3.63) is 48.5 Å². The first-order valence-electron chi connectivity index (χ1n) is 9.20. The number of nitrogens with zero attached hydrogens (tertiary/aromatic N) is 1. The van der Waals surface area contributed by atoms with E-state index in [1.807, 2.05) is 36.4 Å². The maximum Gasteiger partial charge on any atom is 0.224 e. The molecule has 0 radical (unpaired) electrons. The number of carbonyl (C=O) groups excluding carboxylic acids is 1. The molecular weight excluding hydrogens is 328 g/mol. The van der Waals surface area contributed by atoms with Crippen molar-refractivity contribution in [2.45, 2.75) is 19.3 Å². The number of ether oxygens (including phenoxy) is 1. The zero-order chi connectivity index (χ0) is 18.2. The predicted octanol–water partition coefficient (Wildman–Crippen LogP) is 3.50. The quantitative estimate of drug-likeness (QED) is 0.747. The minimum absolute atomic E-state index is 0.0529. The van der Waals surface area contributed by atoms with Crippen LogP contribution in [0.1, 0.15) is 19.3 Å². The lowest BCUT2D eigenvalue weighted by atomic mass is 10.1. The fourth-order valence-corrected chi connectivity index (χ4v) is 3.10. The van der Waals surface area contributed by atoms with E-state index >= 15 is 0 Å². The van der Waals surface area contributed by atoms with Crippen LogP contribution in [0.3, 0.4) is 0 Å². The van der Waals surface area contributed by atoms with E-state index < -0.39 is 0 Å². The van der Waals surface area contributed by atoms with Crippen molar-refractivity contribution in [2.24, 2.45) is 0 Å². The van der Waals surface area contributed by atoms with Crippen molar-refractivity contribution in [1.82, 2.24) is 4.90 Å². The number of amides is 1. The number of hydrogen-bond donors (Lipinski definition) is 2. The molecule has 138 valence electrons. The van der Waals surface area contributed by atoms with E-state index in [1.54, 1.807) is 12.1 Å². The molecule has 3 rings (SSSR count). The number of unbranched alkanes of at least 4 members (excludes halogenated alkanes) is 1. The van der Waals surface area contributed by atoms with Gasteiger partial charge in [0, 0.05) is 25.2 Å². The average Bonchev–Trinajstić information content (AvgIpc) is 2.67. The van der Waals surface area contributed by atoms with Crippen LogP contribution in [0.2, 0.25) is 0 Å². The second kappa shape index (κ2) is 9.36. The Hall–Kier alpha value is -2.37. The second-order valence-corrected chi connectivity index (χ2v) is 6.59. The fourth-order valence-electron chi connectivity index (χ4n) is 3.10. The van der Waals surface area contributed by atoms with Gasteiger partial charge in [-0.05, 0) is 54.8 Å². The van der Waals surface area contributed by atoms with Gasteiger partial charge in [0.1, 0.15) is 5.75 Å². The van der Waals surface area contributed by atoms with Crippen molar-refractivity contribution in [2.75, 3.05) is 38.2 Å². The van der Waals surface area contributed by atoms with Gasteiger partial charge in [-0.2, -0.15) is 0 Å². The molecule has 0 saturated carbocycles. The Balaban J connectivity index is 1.41. The molecule has 0 aliphatic carbocycles. The smallest absolute Gasteiger partial charge is 0.224 e. The van der Waals surface area contributed by atoms with Gasteiger partial charge in [0.25, 0.3) is 0 Å². The molecule has 26 heavy (non-hydrogen) atoms. The fraction of sp³-hybridized carbons (Fsp3) is 0.381. The van der Waals surface area contributed by atoms with Crippen molar-refractivity contribution in [1.29, 1.82) is 0 Å². The predicted molar refractivity (Wildman–Crippen MR) is 103 cm³/mol. The van der Waals surface area contributed by atoms with Crippen molar-refractivity contribution in [3.63, 3.8) is 0 Å². The van der Waals surface area contributed by atoms with Crippen LogP contribution in [0.5, 0.6) is 5.75 Å². The Morgan fingerprint density at radius 3 is 2.54 bits per heavy atom. The Bertz CT molecular complexity index is 709. The van der Waals surface area contributed by atoms with Crippen LogP contribution < -0.4 is 5.32 Å². The Kier molecular flexibility index (Phi) is 6.63. The first-order chi connectivity index (χ1) is 12.7. The van der Waals surface area contributed by atoms with E-state index in [2.05, 4.69) is 10.2 Å². The number of benzene rings is 2. The van der Waals surface area contributed by atoms with Gasteiger partial charge in [-0.25, -0.2) is 0 Å². The molecule has 1 aliphatic rings. The second-order valence-electron chi connectivity index (χ2n) is 6.59. The number of rotatable bonds is 7. The molecule has 1 saturated heterocycles. The van der Waals surface area contributed by atoms with Crippen molar-refractivity contribution < 1.29 is 14.6 Å². The summed E-state index contributed by atoms with van der Waals surface area (Å²) in [4.78, 5) is 14.5. The molecule has 5 heteroatoms. The van der Waals surface area contributed by atoms with Gasteiger partial charge in [-0.15, -0.1) is 0 Å². The first kappa shape index (κ1) is 18.4. The zero-order valence-electron chi connectivity index (χ0n) is 15.0. The largest absolute Gasteiger partial charge is 0.508 e. The lowest BCUT2D eigenvalue weighted by molar-refractivity contribution is -0.116. The minimum atomic E-state index is 0.0529. The lowest BCUT2D eigenvalue weighted by Gasteiger charge is -2.26. The number of aromatic hydroxyl groups is 1. The maximum atomic E-state index is 12.1. The van der Waals surface area contributed by atoms with Gasteiger partial charge in [-0.1, -0.05) is 24.3 Å². The molecule has 1 amide bonds. The van der Waals surface area contributed by atoms with E-state index in [9.17, 15) is 9.90 Å². The molecule has 0 atom stereocenters. The monoisotopic (exact) mass is 354 g/mol. The normalized spacial score (nSPS) is 14.9. The molecule has 2 aromatic rings. The van der Waals surface area contributed by atoms with E-state index in [4.69, 9.17) is 4.74 Å². The van der Waals surface area contributed by atoms with Gasteiger partial charge in [0.15, 0.2) is 0 Å². The minimum Gasteiger partial charge on any atom is -0.508 e. The highest BCUT2D eigenvalue weighted by molar-refractivity contribution is 5.90. The standard InChI is InChI=1S/C21H26N2O3/c24-20-5-3-4-18(16-20)17-7-9-19(10-8-17)22-21(25)6-1-2-11-23-12-14-26-15-13-23/h3-5,7-10,16,24H,1-2,6,11-15H2,(H,22,25). The highest BCUT2D eigenvalue weighted by Crippen LogP contribution is 2.24. The maximum absolute atomic E-state index is 12.1. The Labute approximate surface area is 154 Å². The Morgan fingerprint density at radius 1 is 1.04 bits per heavy atom. The highest BCUT2D eigenvalue weighted by atomic mass is 16.5. The molecule has 2 aromatic carbocycles. The van der Waals surface area contributed by atoms with Gasteiger partial charge >= 0.3 is 0 Å². The summed E-state index contributed by atoms with van der Waals surface area (Å²) in [6.45, 7) is 4.67. The van der Waals surface area contributed by atoms with Gasteiger partial charge in [0.2, 0.25) is 5.91 Å². The SMILES string of the molecule is O=C(CCCCN1CCOCC1)Nc1ccc(-c2cccc(O)c2)cc1. The van der Waals surface area contributed by atoms with E-state index in [-0.39, 0.29) is 11.7 Å². The van der Waals surface area contributed by atoms with Crippen LogP contribution in [0, 0.1) is 0 Å². The number of carbonyl (C=O) groups is 1. The molecular formula is C21H26N2O3. The summed E-state index contributed by atoms with van der Waals surface area (Å²) in [6.07, 6.45) is 2.47. The van der Waals surface area contributed by atoms with Crippen LogP contribution in [0.25, 0.3) is 11.1 Å². The van der Waals surface area contributed by atoms with Crippen molar-refractivity contribution >= 4 is 11.6 Å². The molecule has 0 bridgehead atoms. The third-order valence-electron chi connectivity index (χ3n) is 4.58. The Morgan fingerprint density at radius 2 is 1.81 bits per heavy atom. The molecule has 5 nitrogen and oxygen atoms in total. The van der Waals surface area contributed by atoms with E-state index in [0.717, 1.165) is 62.5 Å². The number of anilines is 1. The number of phenolic OH excluding ortho intramolecular Hbond substituents is 1. The number of nitrogens with one attached hydrogen (secondary N) is 1. The van der Waals surface area contributed by atoms with E-state index in [0.29, 0.717) is 6.42 Å². The third-order valence-corrected chi connectivity index (χ3v) is 4.58. The van der Waals surface area contributed by atoms with Crippen LogP contribution >= 0.6 is 0 Å². The van der Waals surface area contributed by atoms with Gasteiger partial charge in [-0.3, -0.25) is 9.69 Å². The zero-order valence-corrected chi connectivity index (χ0v) is 15.0. The molecule has 1 aliphatic heterocycles. The highest BCUT2D eigenvalue weighted by Gasteiger charge is 2.10. The summed E-state index contributed by atoms with van der Waals surface area (Å²) in [5.74, 6) is 0.300. The number of morpholine rings is 1. The summed E-state index contributed by atoms with van der Waals surface area (Å²) in [5, 5.41) is 12.5. The average molecular weight is 354 g/mol. The molecule has 0 spiro atoms. The van der Waals surface area contributed by atoms with Crippen LogP contribution in [-0.4, -0.2) is 48.8 Å². The summed E-state index contributed by atoms with van der Waals surface area (Å²) in [6, 6.07) is 14.8. The summed E-state index contributed by atoms with van der Waals surface area (Å²) >= 11 is 0. The van der Waals surface area contributed by atoms with Crippen LogP contribution in [0.15, 0.2) is 48.5 Å². The van der Waals surface area contributed by atoms with E-state index in [1.165, 1.54) is 0 Å². The lowest BCUT2D eigenvalue weighted by Crippen LogP contribution is -2.36. The van der Waals surface area contributed by atoms with Gasteiger partial charge < -0.3 is 15.2 Å². The van der Waals surface area contributed by atoms with Crippen LogP contribution in [0.4, 0.5) is 5.69 Å². The molecule has 0 unspecified atom stereocenters. The summed E-state index contributed by atoms with van der Waals surface area (Å²) < 4.78 is 5.33. The topological polar surface area (TPSA) is 61.8 Å². The summed E-state index contributed by atoms with van der Waals surface area (Å²) in [7, 11) is 0. The first-order valence-corrected chi connectivity index (χ1v) is 9.20. The molecule has 1 heterocycles. The number of hydrogen-bond acceptors (Lipinski definition) is 4. The van der Waals surface area contributed by atoms with Crippen LogP contribution in [-0.2, 0) is 9.53 Å². The third kappa shape index (κ3) is 5.58. The molecule has 1 fully saturated rings.